The summed E-state index contributed by atoms with van der Waals surface area (Å²) in [7, 11) is 0. The summed E-state index contributed by atoms with van der Waals surface area (Å²) >= 11 is 0. The van der Waals surface area contributed by atoms with Gasteiger partial charge >= 0.3 is 5.97 Å². The van der Waals surface area contributed by atoms with Crippen LogP contribution in [0.2, 0.25) is 0 Å². The molecule has 4 aliphatic rings. The van der Waals surface area contributed by atoms with E-state index in [0.717, 1.165) is 23.2 Å². The lowest BCUT2D eigenvalue weighted by molar-refractivity contribution is -0.139. The van der Waals surface area contributed by atoms with Crippen LogP contribution in [0, 0.1) is 50.4 Å². The summed E-state index contributed by atoms with van der Waals surface area (Å²) in [6.07, 6.45) is 5.13. The summed E-state index contributed by atoms with van der Waals surface area (Å²) < 4.78 is 5.63. The van der Waals surface area contributed by atoms with Gasteiger partial charge in [0.05, 0.1) is 23.4 Å². The summed E-state index contributed by atoms with van der Waals surface area (Å²) in [6.45, 7) is 6.03. The van der Waals surface area contributed by atoms with E-state index in [0.29, 0.717) is 17.0 Å². The van der Waals surface area contributed by atoms with Gasteiger partial charge < -0.3 is 9.64 Å². The fourth-order valence-corrected chi connectivity index (χ4v) is 6.49. The molecule has 2 bridgehead atoms. The Hall–Kier alpha value is -3.74. The number of hydrogen-bond donors (Lipinski definition) is 0. The Morgan fingerprint density at radius 1 is 0.861 bits per heavy atom. The molecule has 3 amide bonds. The molecule has 7 heteroatoms. The lowest BCUT2D eigenvalue weighted by Crippen LogP contribution is -2.33. The van der Waals surface area contributed by atoms with Gasteiger partial charge in [-0.05, 0) is 74.4 Å². The van der Waals surface area contributed by atoms with E-state index in [4.69, 9.17) is 4.74 Å². The normalized spacial score (nSPS) is 28.4. The maximum atomic E-state index is 13.1. The smallest absolute Gasteiger partial charge is 0.316 e. The number of ether oxygens (including phenoxy) is 1. The highest BCUT2D eigenvalue weighted by molar-refractivity contribution is 6.23. The zero-order valence-electron chi connectivity index (χ0n) is 20.6. The molecule has 2 aromatic rings. The fourth-order valence-electron chi connectivity index (χ4n) is 6.49. The predicted molar refractivity (Wildman–Crippen MR) is 133 cm³/mol. The minimum absolute atomic E-state index is 0.0964. The van der Waals surface area contributed by atoms with Gasteiger partial charge in [0.15, 0.2) is 0 Å². The van der Waals surface area contributed by atoms with E-state index in [2.05, 4.69) is 12.2 Å². The van der Waals surface area contributed by atoms with Crippen LogP contribution < -0.4 is 14.5 Å². The van der Waals surface area contributed by atoms with E-state index in [1.807, 2.05) is 32.0 Å². The molecule has 0 N–H and O–H groups in total. The first-order valence-corrected chi connectivity index (χ1v) is 12.5. The number of rotatable bonds is 4. The van der Waals surface area contributed by atoms with Gasteiger partial charge in [0, 0.05) is 18.7 Å². The monoisotopic (exact) mass is 484 g/mol. The largest absolute Gasteiger partial charge is 0.426 e. The Bertz CT molecular complexity index is 1330. The van der Waals surface area contributed by atoms with Crippen LogP contribution in [0.4, 0.5) is 11.4 Å². The van der Waals surface area contributed by atoms with Crippen molar-refractivity contribution in [2.75, 3.05) is 16.3 Å². The first-order chi connectivity index (χ1) is 17.2. The Labute approximate surface area is 209 Å². The number of allylic oxidation sites excluding steroid dienone is 2. The van der Waals surface area contributed by atoms with E-state index >= 15 is 0 Å². The highest BCUT2D eigenvalue weighted by Crippen LogP contribution is 2.53. The Kier molecular flexibility index (Phi) is 5.14. The van der Waals surface area contributed by atoms with Crippen molar-refractivity contribution in [1.82, 2.24) is 0 Å². The van der Waals surface area contributed by atoms with Crippen molar-refractivity contribution < 1.29 is 23.9 Å². The van der Waals surface area contributed by atoms with Gasteiger partial charge in [-0.15, -0.1) is 0 Å². The van der Waals surface area contributed by atoms with E-state index < -0.39 is 11.9 Å². The van der Waals surface area contributed by atoms with Gasteiger partial charge in [-0.25, -0.2) is 4.90 Å². The zero-order valence-corrected chi connectivity index (χ0v) is 20.6. The number of benzene rings is 2. The molecule has 2 aliphatic heterocycles. The van der Waals surface area contributed by atoms with Crippen LogP contribution in [-0.2, 0) is 19.2 Å². The van der Waals surface area contributed by atoms with Crippen LogP contribution in [0.1, 0.15) is 29.5 Å². The second-order valence-electron chi connectivity index (χ2n) is 10.6. The number of nitrogens with zero attached hydrogens (tertiary/aromatic N) is 2. The molecular weight excluding hydrogens is 456 g/mol. The highest BCUT2D eigenvalue weighted by Gasteiger charge is 2.59. The molecule has 36 heavy (non-hydrogen) atoms. The molecule has 2 saturated heterocycles. The van der Waals surface area contributed by atoms with Gasteiger partial charge in [-0.1, -0.05) is 29.8 Å². The number of imide groups is 1. The molecule has 0 radical (unpaired) electrons. The van der Waals surface area contributed by atoms with Crippen molar-refractivity contribution in [1.29, 1.82) is 0 Å². The van der Waals surface area contributed by atoms with Gasteiger partial charge in [-0.2, -0.15) is 0 Å². The number of aryl methyl sites for hydroxylation is 3. The van der Waals surface area contributed by atoms with Gasteiger partial charge in [0.2, 0.25) is 17.7 Å². The summed E-state index contributed by atoms with van der Waals surface area (Å²) in [6, 6.07) is 10.8. The molecular formula is C29H28N2O5. The van der Waals surface area contributed by atoms with Crippen LogP contribution in [0.5, 0.6) is 5.75 Å². The topological polar surface area (TPSA) is 84.0 Å². The zero-order chi connectivity index (χ0) is 25.3. The predicted octanol–water partition coefficient (Wildman–Crippen LogP) is 3.88. The number of hydrogen-bond acceptors (Lipinski definition) is 5. The Balaban J connectivity index is 1.16. The molecule has 6 rings (SSSR count). The number of carbonyl (C=O) groups excluding carboxylic acids is 4. The van der Waals surface area contributed by atoms with E-state index in [1.165, 1.54) is 4.90 Å². The molecule has 2 aliphatic carbocycles. The van der Waals surface area contributed by atoms with Gasteiger partial charge in [0.25, 0.3) is 0 Å². The molecule has 2 heterocycles. The molecule has 0 spiro atoms. The fraction of sp³-hybridized carbons (Fsp3) is 0.379. The highest BCUT2D eigenvalue weighted by atomic mass is 16.5. The van der Waals surface area contributed by atoms with Crippen molar-refractivity contribution in [3.8, 4) is 5.75 Å². The van der Waals surface area contributed by atoms with Crippen LogP contribution in [0.25, 0.3) is 0 Å². The van der Waals surface area contributed by atoms with Crippen molar-refractivity contribution in [3.05, 3.63) is 65.2 Å². The van der Waals surface area contributed by atoms with E-state index in [1.54, 1.807) is 30.0 Å². The third-order valence-electron chi connectivity index (χ3n) is 8.20. The van der Waals surface area contributed by atoms with Crippen LogP contribution in [0.3, 0.4) is 0 Å². The van der Waals surface area contributed by atoms with Crippen molar-refractivity contribution >= 4 is 35.1 Å². The molecule has 1 saturated carbocycles. The molecule has 5 atom stereocenters. The number of anilines is 2. The molecule has 2 aromatic carbocycles. The number of esters is 1. The molecule has 0 aromatic heterocycles. The van der Waals surface area contributed by atoms with Gasteiger partial charge in [0.1, 0.15) is 5.75 Å². The van der Waals surface area contributed by atoms with Crippen LogP contribution >= 0.6 is 0 Å². The lowest BCUT2D eigenvalue weighted by atomic mass is 9.85. The van der Waals surface area contributed by atoms with Gasteiger partial charge in [-0.3, -0.25) is 19.2 Å². The molecule has 7 nitrogen and oxygen atoms in total. The Morgan fingerprint density at radius 2 is 1.50 bits per heavy atom. The molecule has 3 fully saturated rings. The second kappa shape index (κ2) is 8.15. The number of amides is 3. The standard InChI is InChI=1S/C29H28N2O5/c1-15-4-8-22(16(2)10-15)30-14-20(13-24(30)32)29(35)36-21-7-9-23(17(3)11-21)31-27(33)25-18-5-6-19(12-18)26(25)28(31)34/h4-11,18-20,25-26H,12-14H2,1-3H3/t18-,19-,20-,25-,26+/m0/s1. The Morgan fingerprint density at radius 3 is 2.14 bits per heavy atom. The first-order valence-electron chi connectivity index (χ1n) is 12.5. The SMILES string of the molecule is Cc1ccc(N2C[C@@H](C(=O)Oc3ccc(N4C(=O)[C@@H]5[C@H](C4=O)[C@H]4C=C[C@H]5C4)c(C)c3)CC2=O)c(C)c1. The maximum absolute atomic E-state index is 13.1. The maximum Gasteiger partial charge on any atom is 0.316 e. The quantitative estimate of drug-likeness (QED) is 0.285. The van der Waals surface area contributed by atoms with E-state index in [9.17, 15) is 19.2 Å². The first kappa shape index (κ1) is 22.7. The summed E-state index contributed by atoms with van der Waals surface area (Å²) in [4.78, 5) is 54.8. The minimum atomic E-state index is -0.567. The van der Waals surface area contributed by atoms with Crippen LogP contribution in [-0.4, -0.2) is 30.2 Å². The number of carbonyl (C=O) groups is 4. The third kappa shape index (κ3) is 3.40. The summed E-state index contributed by atoms with van der Waals surface area (Å²) in [5, 5.41) is 0. The van der Waals surface area contributed by atoms with Crippen LogP contribution in [0.15, 0.2) is 48.6 Å². The summed E-state index contributed by atoms with van der Waals surface area (Å²) in [5.41, 5.74) is 4.14. The lowest BCUT2D eigenvalue weighted by Gasteiger charge is -2.20. The van der Waals surface area contributed by atoms with E-state index in [-0.39, 0.29) is 54.4 Å². The second-order valence-corrected chi connectivity index (χ2v) is 10.6. The molecule has 0 unspecified atom stereocenters. The average Bonchev–Trinajstić information content (AvgIpc) is 3.59. The van der Waals surface area contributed by atoms with Crippen molar-refractivity contribution in [3.63, 3.8) is 0 Å². The van der Waals surface area contributed by atoms with Crippen molar-refractivity contribution in [2.24, 2.45) is 29.6 Å². The minimum Gasteiger partial charge on any atom is -0.426 e. The van der Waals surface area contributed by atoms with Crippen molar-refractivity contribution in [2.45, 2.75) is 33.6 Å². The summed E-state index contributed by atoms with van der Waals surface area (Å²) in [5.74, 6) is -1.28. The number of fused-ring (bicyclic) bond motifs is 5. The third-order valence-corrected chi connectivity index (χ3v) is 8.20. The average molecular weight is 485 g/mol. The molecule has 184 valence electrons.